The van der Waals surface area contributed by atoms with E-state index in [2.05, 4.69) is 26.1 Å². The van der Waals surface area contributed by atoms with Crippen molar-refractivity contribution in [1.82, 2.24) is 5.32 Å². The van der Waals surface area contributed by atoms with E-state index in [1.54, 1.807) is 0 Å². The van der Waals surface area contributed by atoms with Crippen LogP contribution in [0, 0.1) is 17.3 Å². The first-order valence-corrected chi connectivity index (χ1v) is 6.31. The van der Waals surface area contributed by atoms with Gasteiger partial charge in [-0.15, -0.1) is 0 Å². The van der Waals surface area contributed by atoms with E-state index in [-0.39, 0.29) is 30.5 Å². The van der Waals surface area contributed by atoms with E-state index in [9.17, 15) is 9.59 Å². The van der Waals surface area contributed by atoms with Crippen molar-refractivity contribution in [3.05, 3.63) is 0 Å². The third-order valence-electron chi connectivity index (χ3n) is 3.71. The van der Waals surface area contributed by atoms with Gasteiger partial charge < -0.3 is 15.2 Å². The van der Waals surface area contributed by atoms with Crippen molar-refractivity contribution in [3.63, 3.8) is 0 Å². The fourth-order valence-corrected chi connectivity index (χ4v) is 1.79. The normalized spacial score (nSPS) is 25.8. The lowest BCUT2D eigenvalue weighted by atomic mass is 9.80. The van der Waals surface area contributed by atoms with Crippen LogP contribution in [0.25, 0.3) is 0 Å². The maximum absolute atomic E-state index is 11.9. The minimum Gasteiger partial charge on any atom is -0.481 e. The molecule has 18 heavy (non-hydrogen) atoms. The molecule has 1 aliphatic heterocycles. The summed E-state index contributed by atoms with van der Waals surface area (Å²) in [6.07, 6.45) is 0.409. The first-order chi connectivity index (χ1) is 8.21. The van der Waals surface area contributed by atoms with Crippen LogP contribution in [0.2, 0.25) is 0 Å². The molecule has 1 aliphatic rings. The number of aliphatic carboxylic acids is 1. The second kappa shape index (κ2) is 5.69. The topological polar surface area (TPSA) is 75.6 Å². The van der Waals surface area contributed by atoms with E-state index in [1.165, 1.54) is 0 Å². The monoisotopic (exact) mass is 257 g/mol. The van der Waals surface area contributed by atoms with E-state index in [1.807, 2.05) is 6.92 Å². The molecule has 0 aromatic heterocycles. The van der Waals surface area contributed by atoms with Crippen molar-refractivity contribution in [1.29, 1.82) is 0 Å². The van der Waals surface area contributed by atoms with Gasteiger partial charge in [0.05, 0.1) is 19.3 Å². The quantitative estimate of drug-likeness (QED) is 0.795. The first kappa shape index (κ1) is 15.0. The SMILES string of the molecule is CC(CC(=O)NC1COCC1C(=O)O)C(C)(C)C. The maximum atomic E-state index is 11.9. The molecular formula is C13H23NO4. The Bertz CT molecular complexity index is 321. The molecule has 0 aromatic rings. The number of carboxylic acids is 1. The molecule has 5 nitrogen and oxygen atoms in total. The summed E-state index contributed by atoms with van der Waals surface area (Å²) in [6.45, 7) is 8.75. The van der Waals surface area contributed by atoms with Gasteiger partial charge in [-0.2, -0.15) is 0 Å². The van der Waals surface area contributed by atoms with Gasteiger partial charge in [0, 0.05) is 6.42 Å². The van der Waals surface area contributed by atoms with Gasteiger partial charge in [-0.25, -0.2) is 0 Å². The van der Waals surface area contributed by atoms with Gasteiger partial charge in [-0.3, -0.25) is 9.59 Å². The van der Waals surface area contributed by atoms with Crippen molar-refractivity contribution >= 4 is 11.9 Å². The van der Waals surface area contributed by atoms with Gasteiger partial charge >= 0.3 is 5.97 Å². The molecule has 0 aliphatic carbocycles. The average molecular weight is 257 g/mol. The van der Waals surface area contributed by atoms with Crippen molar-refractivity contribution in [2.75, 3.05) is 13.2 Å². The standard InChI is InChI=1S/C13H23NO4/c1-8(13(2,3)4)5-11(15)14-10-7-18-6-9(10)12(16)17/h8-10H,5-7H2,1-4H3,(H,14,15)(H,16,17). The molecule has 1 rings (SSSR count). The molecule has 3 atom stereocenters. The lowest BCUT2D eigenvalue weighted by Crippen LogP contribution is -2.43. The highest BCUT2D eigenvalue weighted by Gasteiger charge is 2.35. The molecule has 0 spiro atoms. The third-order valence-corrected chi connectivity index (χ3v) is 3.71. The molecule has 0 radical (unpaired) electrons. The molecular weight excluding hydrogens is 234 g/mol. The second-order valence-electron chi connectivity index (χ2n) is 6.13. The Morgan fingerprint density at radius 3 is 2.50 bits per heavy atom. The van der Waals surface area contributed by atoms with Gasteiger partial charge in [0.15, 0.2) is 0 Å². The lowest BCUT2D eigenvalue weighted by molar-refractivity contribution is -0.142. The third kappa shape index (κ3) is 3.98. The summed E-state index contributed by atoms with van der Waals surface area (Å²) < 4.78 is 5.11. The zero-order valence-corrected chi connectivity index (χ0v) is 11.5. The van der Waals surface area contributed by atoms with Gasteiger partial charge in [0.1, 0.15) is 5.92 Å². The smallest absolute Gasteiger partial charge is 0.311 e. The largest absolute Gasteiger partial charge is 0.481 e. The summed E-state index contributed by atoms with van der Waals surface area (Å²) >= 11 is 0. The fraction of sp³-hybridized carbons (Fsp3) is 0.846. The molecule has 2 N–H and O–H groups in total. The predicted molar refractivity (Wildman–Crippen MR) is 67.1 cm³/mol. The number of carbonyl (C=O) groups is 2. The zero-order valence-electron chi connectivity index (χ0n) is 11.5. The molecule has 0 bridgehead atoms. The minimum atomic E-state index is -0.915. The van der Waals surface area contributed by atoms with Gasteiger partial charge in [0.2, 0.25) is 5.91 Å². The Balaban J connectivity index is 2.48. The van der Waals surface area contributed by atoms with Crippen molar-refractivity contribution < 1.29 is 19.4 Å². The Kier molecular flexibility index (Phi) is 4.73. The second-order valence-corrected chi connectivity index (χ2v) is 6.13. The van der Waals surface area contributed by atoms with E-state index in [0.717, 1.165) is 0 Å². The average Bonchev–Trinajstić information content (AvgIpc) is 2.63. The number of nitrogens with one attached hydrogen (secondary N) is 1. The van der Waals surface area contributed by atoms with Crippen LogP contribution >= 0.6 is 0 Å². The van der Waals surface area contributed by atoms with Crippen LogP contribution in [0.5, 0.6) is 0 Å². The Morgan fingerprint density at radius 2 is 2.00 bits per heavy atom. The summed E-state index contributed by atoms with van der Waals surface area (Å²) in [5, 5.41) is 11.7. The van der Waals surface area contributed by atoms with Crippen LogP contribution in [0.1, 0.15) is 34.1 Å². The fourth-order valence-electron chi connectivity index (χ4n) is 1.79. The lowest BCUT2D eigenvalue weighted by Gasteiger charge is -2.27. The molecule has 1 amide bonds. The Hall–Kier alpha value is -1.10. The molecule has 1 saturated heterocycles. The summed E-state index contributed by atoms with van der Waals surface area (Å²) in [4.78, 5) is 22.8. The number of hydrogen-bond donors (Lipinski definition) is 2. The predicted octanol–water partition coefficient (Wildman–Crippen LogP) is 1.27. The molecule has 1 heterocycles. The Labute approximate surface area is 108 Å². The number of hydrogen-bond acceptors (Lipinski definition) is 3. The van der Waals surface area contributed by atoms with E-state index in [0.29, 0.717) is 6.42 Å². The van der Waals surface area contributed by atoms with E-state index < -0.39 is 17.9 Å². The summed E-state index contributed by atoms with van der Waals surface area (Å²) in [5.41, 5.74) is 0.0652. The number of carboxylic acid groups (broad SMARTS) is 1. The molecule has 3 unspecified atom stereocenters. The molecule has 104 valence electrons. The molecule has 0 saturated carbocycles. The van der Waals surface area contributed by atoms with Crippen LogP contribution in [0.4, 0.5) is 0 Å². The molecule has 0 aromatic carbocycles. The van der Waals surface area contributed by atoms with Crippen molar-refractivity contribution in [2.45, 2.75) is 40.2 Å². The van der Waals surface area contributed by atoms with Crippen LogP contribution in [-0.4, -0.2) is 36.2 Å². The number of ether oxygens (including phenoxy) is 1. The van der Waals surface area contributed by atoms with Crippen molar-refractivity contribution in [2.24, 2.45) is 17.3 Å². The zero-order chi connectivity index (χ0) is 13.9. The van der Waals surface area contributed by atoms with E-state index in [4.69, 9.17) is 9.84 Å². The van der Waals surface area contributed by atoms with Crippen molar-refractivity contribution in [3.8, 4) is 0 Å². The van der Waals surface area contributed by atoms with Crippen LogP contribution in [0.15, 0.2) is 0 Å². The molecule has 5 heteroatoms. The maximum Gasteiger partial charge on any atom is 0.311 e. The molecule has 1 fully saturated rings. The highest BCUT2D eigenvalue weighted by Crippen LogP contribution is 2.28. The van der Waals surface area contributed by atoms with Crippen LogP contribution in [0.3, 0.4) is 0 Å². The highest BCUT2D eigenvalue weighted by atomic mass is 16.5. The number of carbonyl (C=O) groups excluding carboxylic acids is 1. The highest BCUT2D eigenvalue weighted by molar-refractivity contribution is 5.78. The summed E-state index contributed by atoms with van der Waals surface area (Å²) in [7, 11) is 0. The van der Waals surface area contributed by atoms with Gasteiger partial charge in [-0.05, 0) is 11.3 Å². The number of amides is 1. The summed E-state index contributed by atoms with van der Waals surface area (Å²) in [5.74, 6) is -1.40. The first-order valence-electron chi connectivity index (χ1n) is 6.31. The Morgan fingerprint density at radius 1 is 1.39 bits per heavy atom. The van der Waals surface area contributed by atoms with Gasteiger partial charge in [0.25, 0.3) is 0 Å². The summed E-state index contributed by atoms with van der Waals surface area (Å²) in [6, 6.07) is -0.401. The van der Waals surface area contributed by atoms with E-state index >= 15 is 0 Å². The number of rotatable bonds is 4. The van der Waals surface area contributed by atoms with Crippen LogP contribution < -0.4 is 5.32 Å². The minimum absolute atomic E-state index is 0.0652. The van der Waals surface area contributed by atoms with Gasteiger partial charge in [-0.1, -0.05) is 27.7 Å². The van der Waals surface area contributed by atoms with Crippen LogP contribution in [-0.2, 0) is 14.3 Å².